The molecule has 1 aromatic heterocycles. The normalized spacial score (nSPS) is 21.1. The van der Waals surface area contributed by atoms with Crippen LogP contribution in [0.5, 0.6) is 0 Å². The van der Waals surface area contributed by atoms with Crippen LogP contribution in [0, 0.1) is 5.92 Å². The number of hydrogen-bond donors (Lipinski definition) is 2. The number of nitrogens with one attached hydrogen (secondary N) is 1. The molecule has 8 nitrogen and oxygen atoms in total. The van der Waals surface area contributed by atoms with Crippen molar-refractivity contribution in [3.8, 4) is 0 Å². The molecule has 1 saturated heterocycles. The number of nitrogens with zero attached hydrogens (tertiary/aromatic N) is 2. The third kappa shape index (κ3) is 6.09. The van der Waals surface area contributed by atoms with Crippen molar-refractivity contribution in [1.82, 2.24) is 9.88 Å². The molecule has 0 spiro atoms. The summed E-state index contributed by atoms with van der Waals surface area (Å²) in [5.74, 6) is -4.94. The molecule has 1 unspecified atom stereocenters. The number of hydrogen-bond acceptors (Lipinski definition) is 6. The van der Waals surface area contributed by atoms with Crippen LogP contribution in [0.2, 0.25) is 0 Å². The first-order valence-corrected chi connectivity index (χ1v) is 14.4. The van der Waals surface area contributed by atoms with Crippen LogP contribution in [0.25, 0.3) is 10.8 Å². The molecule has 1 amide bonds. The third-order valence-electron chi connectivity index (χ3n) is 7.74. The van der Waals surface area contributed by atoms with Gasteiger partial charge in [-0.15, -0.1) is 0 Å². The molecule has 0 bridgehead atoms. The predicted octanol–water partition coefficient (Wildman–Crippen LogP) is 5.74. The van der Waals surface area contributed by atoms with Crippen molar-refractivity contribution in [2.75, 3.05) is 18.4 Å². The zero-order chi connectivity index (χ0) is 28.3. The van der Waals surface area contributed by atoms with Gasteiger partial charge in [-0.3, -0.25) is 19.4 Å². The number of alkyl halides is 1. The minimum absolute atomic E-state index is 0.199. The van der Waals surface area contributed by atoms with Crippen molar-refractivity contribution in [1.29, 1.82) is 0 Å². The standard InChI is InChI=1S/C30H31BrFN3O5/c31-24-17-19(7-12-25(24)34-28(37)27-23-6-2-1-5-20(23)13-14-33-27)18-26(36)30(32,35-15-3-4-16-35)40-22-10-8-21(9-11-22)29(38)39/h1-2,5-7,12-14,17,21-22H,3-4,8-11,15-16,18H2,(H,34,37)(H,38,39). The molecule has 3 aromatic rings. The van der Waals surface area contributed by atoms with Gasteiger partial charge in [0.05, 0.1) is 17.7 Å². The highest BCUT2D eigenvalue weighted by Gasteiger charge is 2.48. The maximum atomic E-state index is 16.4. The van der Waals surface area contributed by atoms with Gasteiger partial charge in [-0.05, 0) is 83.6 Å². The molecule has 1 aliphatic heterocycles. The van der Waals surface area contributed by atoms with Crippen LogP contribution in [0.3, 0.4) is 0 Å². The van der Waals surface area contributed by atoms with Crippen molar-refractivity contribution in [2.45, 2.75) is 57.0 Å². The largest absolute Gasteiger partial charge is 0.481 e. The number of aromatic nitrogens is 1. The molecule has 10 heteroatoms. The van der Waals surface area contributed by atoms with E-state index in [1.54, 1.807) is 24.4 Å². The van der Waals surface area contributed by atoms with Crippen LogP contribution in [-0.2, 0) is 20.7 Å². The first-order valence-electron chi connectivity index (χ1n) is 13.6. The zero-order valence-corrected chi connectivity index (χ0v) is 23.5. The number of carbonyl (C=O) groups excluding carboxylic acids is 2. The number of carboxylic acids is 1. The molecule has 40 heavy (non-hydrogen) atoms. The van der Waals surface area contributed by atoms with E-state index >= 15 is 4.39 Å². The van der Waals surface area contributed by atoms with Crippen molar-refractivity contribution in [3.05, 3.63) is 70.5 Å². The van der Waals surface area contributed by atoms with Crippen molar-refractivity contribution in [2.24, 2.45) is 5.92 Å². The Morgan fingerprint density at radius 3 is 2.50 bits per heavy atom. The number of Topliss-reactive ketones (excluding diaryl/α,β-unsaturated/α-hetero) is 1. The van der Waals surface area contributed by atoms with E-state index in [4.69, 9.17) is 4.74 Å². The fraction of sp³-hybridized carbons (Fsp3) is 0.400. The van der Waals surface area contributed by atoms with E-state index in [-0.39, 0.29) is 12.3 Å². The average molecular weight is 612 g/mol. The van der Waals surface area contributed by atoms with E-state index in [0.29, 0.717) is 60.2 Å². The molecule has 2 fully saturated rings. The highest BCUT2D eigenvalue weighted by molar-refractivity contribution is 9.10. The Labute approximate surface area is 240 Å². The summed E-state index contributed by atoms with van der Waals surface area (Å²) in [5, 5.41) is 13.8. The van der Waals surface area contributed by atoms with E-state index in [9.17, 15) is 19.5 Å². The second-order valence-corrected chi connectivity index (χ2v) is 11.3. The SMILES string of the molecule is O=C(Nc1ccc(CC(=O)C(F)(OC2CCC(C(=O)O)CC2)N2CCCC2)cc1Br)c1nccc2ccccc12. The molecule has 2 heterocycles. The molecule has 2 aromatic carbocycles. The zero-order valence-electron chi connectivity index (χ0n) is 21.9. The van der Waals surface area contributed by atoms with Crippen molar-refractivity contribution >= 4 is 50.0 Å². The topological polar surface area (TPSA) is 109 Å². The summed E-state index contributed by atoms with van der Waals surface area (Å²) in [7, 11) is 0. The number of benzene rings is 2. The fourth-order valence-corrected chi connectivity index (χ4v) is 6.04. The molecule has 5 rings (SSSR count). The Bertz CT molecular complexity index is 1420. The fourth-order valence-electron chi connectivity index (χ4n) is 5.52. The molecular weight excluding hydrogens is 581 g/mol. The molecule has 1 aliphatic carbocycles. The van der Waals surface area contributed by atoms with Gasteiger partial charge in [0.25, 0.3) is 5.91 Å². The lowest BCUT2D eigenvalue weighted by Crippen LogP contribution is -2.54. The van der Waals surface area contributed by atoms with Crippen LogP contribution >= 0.6 is 15.9 Å². The minimum atomic E-state index is -2.57. The van der Waals surface area contributed by atoms with Crippen LogP contribution < -0.4 is 5.32 Å². The molecule has 1 atom stereocenters. The number of carboxylic acid groups (broad SMARTS) is 1. The number of fused-ring (bicyclic) bond motifs is 1. The maximum absolute atomic E-state index is 16.4. The Hall–Kier alpha value is -3.21. The summed E-state index contributed by atoms with van der Waals surface area (Å²) < 4.78 is 22.8. The Balaban J connectivity index is 1.28. The Morgan fingerprint density at radius 2 is 1.80 bits per heavy atom. The highest BCUT2D eigenvalue weighted by atomic mass is 79.9. The van der Waals surface area contributed by atoms with Gasteiger partial charge in [-0.2, -0.15) is 4.39 Å². The average Bonchev–Trinajstić information content (AvgIpc) is 3.50. The smallest absolute Gasteiger partial charge is 0.330 e. The van der Waals surface area contributed by atoms with E-state index in [0.717, 1.165) is 23.6 Å². The summed E-state index contributed by atoms with van der Waals surface area (Å²) >= 11 is 3.47. The molecule has 1 saturated carbocycles. The van der Waals surface area contributed by atoms with Gasteiger partial charge in [-0.1, -0.05) is 30.3 Å². The molecule has 2 N–H and O–H groups in total. The van der Waals surface area contributed by atoms with E-state index in [2.05, 4.69) is 26.2 Å². The maximum Gasteiger partial charge on any atom is 0.330 e. The van der Waals surface area contributed by atoms with Crippen molar-refractivity contribution < 1.29 is 28.6 Å². The number of ketones is 1. The van der Waals surface area contributed by atoms with Crippen LogP contribution in [0.15, 0.2) is 59.2 Å². The summed E-state index contributed by atoms with van der Waals surface area (Å²) in [6.07, 6.45) is 4.03. The number of anilines is 1. The molecule has 210 valence electrons. The predicted molar refractivity (Wildman–Crippen MR) is 152 cm³/mol. The number of halogens is 2. The summed E-state index contributed by atoms with van der Waals surface area (Å²) in [5.41, 5.74) is 1.36. The summed E-state index contributed by atoms with van der Waals surface area (Å²) in [4.78, 5) is 43.4. The first kappa shape index (κ1) is 28.3. The highest BCUT2D eigenvalue weighted by Crippen LogP contribution is 2.35. The second kappa shape index (κ2) is 12.1. The van der Waals surface area contributed by atoms with Gasteiger partial charge in [-0.25, -0.2) is 4.90 Å². The van der Waals surface area contributed by atoms with E-state index in [1.165, 1.54) is 4.90 Å². The molecule has 0 radical (unpaired) electrons. The van der Waals surface area contributed by atoms with Crippen LogP contribution in [0.1, 0.15) is 54.6 Å². The van der Waals surface area contributed by atoms with Gasteiger partial charge in [0.1, 0.15) is 5.69 Å². The number of pyridine rings is 1. The monoisotopic (exact) mass is 611 g/mol. The number of carbonyl (C=O) groups is 3. The molecule has 2 aliphatic rings. The number of likely N-dealkylation sites (tertiary alicyclic amines) is 1. The number of aliphatic carboxylic acids is 1. The number of ether oxygens (including phenoxy) is 1. The second-order valence-electron chi connectivity index (χ2n) is 10.4. The number of rotatable bonds is 9. The van der Waals surface area contributed by atoms with Gasteiger partial charge in [0, 0.05) is 35.6 Å². The number of amides is 1. The van der Waals surface area contributed by atoms with Gasteiger partial charge in [0.2, 0.25) is 5.78 Å². The minimum Gasteiger partial charge on any atom is -0.481 e. The van der Waals surface area contributed by atoms with Gasteiger partial charge < -0.3 is 15.2 Å². The summed E-state index contributed by atoms with van der Waals surface area (Å²) in [6.45, 7) is 0.840. The van der Waals surface area contributed by atoms with Crippen molar-refractivity contribution in [3.63, 3.8) is 0 Å². The first-order chi connectivity index (χ1) is 19.2. The quantitative estimate of drug-likeness (QED) is 0.297. The Morgan fingerprint density at radius 1 is 1.07 bits per heavy atom. The van der Waals surface area contributed by atoms with Crippen LogP contribution in [0.4, 0.5) is 10.1 Å². The van der Waals surface area contributed by atoms with E-state index < -0.39 is 29.8 Å². The van der Waals surface area contributed by atoms with Gasteiger partial charge >= 0.3 is 11.9 Å². The lowest BCUT2D eigenvalue weighted by atomic mass is 9.87. The lowest BCUT2D eigenvalue weighted by molar-refractivity contribution is -0.252. The van der Waals surface area contributed by atoms with Gasteiger partial charge in [0.15, 0.2) is 0 Å². The Kier molecular flexibility index (Phi) is 8.58. The molecular formula is C30H31BrFN3O5. The van der Waals surface area contributed by atoms with Crippen LogP contribution in [-0.4, -0.2) is 57.8 Å². The lowest BCUT2D eigenvalue weighted by Gasteiger charge is -2.37. The van der Waals surface area contributed by atoms with E-state index in [1.807, 2.05) is 30.3 Å². The third-order valence-corrected chi connectivity index (χ3v) is 8.39. The summed E-state index contributed by atoms with van der Waals surface area (Å²) in [6, 6.07) is 14.4.